The molecule has 3 aromatic rings. The van der Waals surface area contributed by atoms with Crippen LogP contribution in [0.4, 0.5) is 16.5 Å². The second-order valence-electron chi connectivity index (χ2n) is 5.98. The number of nitrogens with one attached hydrogen (secondary N) is 2. The molecule has 1 amide bonds. The summed E-state index contributed by atoms with van der Waals surface area (Å²) >= 11 is 2.96. The normalized spacial score (nSPS) is 10.3. The van der Waals surface area contributed by atoms with Crippen molar-refractivity contribution < 1.29 is 19.1 Å². The summed E-state index contributed by atoms with van der Waals surface area (Å²) < 4.78 is 11.2. The Morgan fingerprint density at radius 1 is 1.10 bits per heavy atom. The van der Waals surface area contributed by atoms with Gasteiger partial charge in [0.1, 0.15) is 5.75 Å². The van der Waals surface area contributed by atoms with E-state index in [-0.39, 0.29) is 5.91 Å². The van der Waals surface area contributed by atoms with Crippen molar-refractivity contribution in [3.8, 4) is 5.75 Å². The molecule has 0 saturated heterocycles. The zero-order valence-corrected chi connectivity index (χ0v) is 18.0. The molecular weight excluding hydrogens is 424 g/mol. The van der Waals surface area contributed by atoms with Gasteiger partial charge < -0.3 is 20.1 Å². The van der Waals surface area contributed by atoms with E-state index in [4.69, 9.17) is 9.47 Å². The van der Waals surface area contributed by atoms with E-state index < -0.39 is 5.97 Å². The molecular formula is C20H20N4O4S2. The second-order valence-corrected chi connectivity index (χ2v) is 8.30. The van der Waals surface area contributed by atoms with Gasteiger partial charge in [0.05, 0.1) is 19.3 Å². The van der Waals surface area contributed by atoms with Gasteiger partial charge >= 0.3 is 5.97 Å². The maximum absolute atomic E-state index is 11.6. The quantitative estimate of drug-likeness (QED) is 0.288. The summed E-state index contributed by atoms with van der Waals surface area (Å²) in [6.07, 6.45) is 0. The van der Waals surface area contributed by atoms with Crippen LogP contribution in [-0.2, 0) is 9.53 Å². The summed E-state index contributed by atoms with van der Waals surface area (Å²) in [5, 5.41) is 14.9. The molecule has 0 aliphatic carbocycles. The lowest BCUT2D eigenvalue weighted by atomic mass is 10.2. The number of aromatic nitrogens is 2. The van der Waals surface area contributed by atoms with Gasteiger partial charge in [-0.2, -0.15) is 0 Å². The SMILES string of the molecule is COC(=O)c1cccc(OCCSc2nnc(Nc3cccc(NC(C)=O)c3)s2)c1. The average Bonchev–Trinajstić information content (AvgIpc) is 3.18. The molecule has 0 fully saturated rings. The van der Waals surface area contributed by atoms with Gasteiger partial charge in [-0.3, -0.25) is 4.79 Å². The smallest absolute Gasteiger partial charge is 0.337 e. The van der Waals surface area contributed by atoms with Crippen LogP contribution in [0, 0.1) is 0 Å². The van der Waals surface area contributed by atoms with Crippen molar-refractivity contribution in [2.75, 3.05) is 30.1 Å². The van der Waals surface area contributed by atoms with Crippen molar-refractivity contribution in [1.29, 1.82) is 0 Å². The van der Waals surface area contributed by atoms with E-state index in [2.05, 4.69) is 20.8 Å². The summed E-state index contributed by atoms with van der Waals surface area (Å²) in [6.45, 7) is 1.92. The largest absolute Gasteiger partial charge is 0.493 e. The van der Waals surface area contributed by atoms with E-state index in [0.29, 0.717) is 34.5 Å². The lowest BCUT2D eigenvalue weighted by Crippen LogP contribution is -2.05. The maximum Gasteiger partial charge on any atom is 0.337 e. The number of benzene rings is 2. The molecule has 1 aromatic heterocycles. The molecule has 0 saturated carbocycles. The third-order valence-corrected chi connectivity index (χ3v) is 5.61. The number of esters is 1. The zero-order chi connectivity index (χ0) is 21.3. The molecule has 0 aliphatic rings. The fourth-order valence-electron chi connectivity index (χ4n) is 2.44. The van der Waals surface area contributed by atoms with Gasteiger partial charge in [-0.1, -0.05) is 35.2 Å². The lowest BCUT2D eigenvalue weighted by Gasteiger charge is -2.06. The topological polar surface area (TPSA) is 102 Å². The summed E-state index contributed by atoms with van der Waals surface area (Å²) in [7, 11) is 1.34. The van der Waals surface area contributed by atoms with Crippen LogP contribution in [0.15, 0.2) is 52.9 Å². The molecule has 0 unspecified atom stereocenters. The Morgan fingerprint density at radius 2 is 1.90 bits per heavy atom. The Kier molecular flexibility index (Phi) is 7.63. The Bertz CT molecular complexity index is 1030. The number of carbonyl (C=O) groups excluding carboxylic acids is 2. The molecule has 0 bridgehead atoms. The highest BCUT2D eigenvalue weighted by molar-refractivity contribution is 8.01. The van der Waals surface area contributed by atoms with E-state index in [1.54, 1.807) is 24.3 Å². The first-order valence-electron chi connectivity index (χ1n) is 8.95. The minimum Gasteiger partial charge on any atom is -0.493 e. The number of rotatable bonds is 9. The van der Waals surface area contributed by atoms with Gasteiger partial charge in [-0.15, -0.1) is 10.2 Å². The highest BCUT2D eigenvalue weighted by Crippen LogP contribution is 2.28. The number of methoxy groups -OCH3 is 1. The molecule has 2 N–H and O–H groups in total. The van der Waals surface area contributed by atoms with Crippen LogP contribution in [0.1, 0.15) is 17.3 Å². The highest BCUT2D eigenvalue weighted by atomic mass is 32.2. The zero-order valence-electron chi connectivity index (χ0n) is 16.4. The molecule has 3 rings (SSSR count). The van der Waals surface area contributed by atoms with Crippen molar-refractivity contribution in [3.63, 3.8) is 0 Å². The Morgan fingerprint density at radius 3 is 2.70 bits per heavy atom. The van der Waals surface area contributed by atoms with Crippen LogP contribution in [-0.4, -0.2) is 41.5 Å². The predicted molar refractivity (Wildman–Crippen MR) is 118 cm³/mol. The molecule has 30 heavy (non-hydrogen) atoms. The number of ether oxygens (including phenoxy) is 2. The number of thioether (sulfide) groups is 1. The summed E-state index contributed by atoms with van der Waals surface area (Å²) in [5.41, 5.74) is 1.97. The van der Waals surface area contributed by atoms with Crippen LogP contribution >= 0.6 is 23.1 Å². The summed E-state index contributed by atoms with van der Waals surface area (Å²) in [4.78, 5) is 22.7. The van der Waals surface area contributed by atoms with Crippen LogP contribution in [0.2, 0.25) is 0 Å². The van der Waals surface area contributed by atoms with E-state index in [9.17, 15) is 9.59 Å². The van der Waals surface area contributed by atoms with Gasteiger partial charge in [-0.05, 0) is 36.4 Å². The monoisotopic (exact) mass is 444 g/mol. The predicted octanol–water partition coefficient (Wildman–Crippen LogP) is 4.20. The first kappa shape index (κ1) is 21.6. The first-order valence-corrected chi connectivity index (χ1v) is 10.8. The van der Waals surface area contributed by atoms with Crippen molar-refractivity contribution >= 4 is 51.5 Å². The Labute approximate surface area is 182 Å². The number of amides is 1. The molecule has 10 heteroatoms. The minimum absolute atomic E-state index is 0.124. The molecule has 0 aliphatic heterocycles. The molecule has 156 valence electrons. The van der Waals surface area contributed by atoms with Gasteiger partial charge in [-0.25, -0.2) is 4.79 Å². The Hall–Kier alpha value is -3.11. The number of carbonyl (C=O) groups is 2. The van der Waals surface area contributed by atoms with Crippen molar-refractivity contribution in [2.24, 2.45) is 0 Å². The fraction of sp³-hybridized carbons (Fsp3) is 0.200. The van der Waals surface area contributed by atoms with Crippen LogP contribution in [0.25, 0.3) is 0 Å². The van der Waals surface area contributed by atoms with E-state index in [1.165, 1.54) is 37.1 Å². The maximum atomic E-state index is 11.6. The summed E-state index contributed by atoms with van der Waals surface area (Å²) in [6, 6.07) is 14.2. The van der Waals surface area contributed by atoms with Gasteiger partial charge in [0, 0.05) is 24.1 Å². The van der Waals surface area contributed by atoms with Crippen LogP contribution < -0.4 is 15.4 Å². The molecule has 0 radical (unpaired) electrons. The molecule has 1 heterocycles. The molecule has 0 atom stereocenters. The second kappa shape index (κ2) is 10.6. The van der Waals surface area contributed by atoms with Crippen molar-refractivity contribution in [1.82, 2.24) is 10.2 Å². The lowest BCUT2D eigenvalue weighted by molar-refractivity contribution is -0.114. The average molecular weight is 445 g/mol. The van der Waals surface area contributed by atoms with Gasteiger partial charge in [0.15, 0.2) is 4.34 Å². The molecule has 8 nitrogen and oxygen atoms in total. The number of anilines is 3. The van der Waals surface area contributed by atoms with E-state index in [1.807, 2.05) is 24.3 Å². The first-order chi connectivity index (χ1) is 14.5. The van der Waals surface area contributed by atoms with Crippen molar-refractivity contribution in [2.45, 2.75) is 11.3 Å². The van der Waals surface area contributed by atoms with E-state index in [0.717, 1.165) is 10.0 Å². The number of hydrogen-bond donors (Lipinski definition) is 2. The van der Waals surface area contributed by atoms with Crippen molar-refractivity contribution in [3.05, 3.63) is 54.1 Å². The number of nitrogens with zero attached hydrogens (tertiary/aromatic N) is 2. The van der Waals surface area contributed by atoms with Gasteiger partial charge in [0.25, 0.3) is 0 Å². The third kappa shape index (κ3) is 6.46. The summed E-state index contributed by atoms with van der Waals surface area (Å²) in [5.74, 6) is 0.763. The molecule has 0 spiro atoms. The molecule has 2 aromatic carbocycles. The highest BCUT2D eigenvalue weighted by Gasteiger charge is 2.08. The van der Waals surface area contributed by atoms with Gasteiger partial charge in [0.2, 0.25) is 11.0 Å². The minimum atomic E-state index is -0.397. The van der Waals surface area contributed by atoms with Crippen LogP contribution in [0.5, 0.6) is 5.75 Å². The Balaban J connectivity index is 1.47. The third-order valence-electron chi connectivity index (χ3n) is 3.67. The number of hydrogen-bond acceptors (Lipinski definition) is 9. The van der Waals surface area contributed by atoms with E-state index >= 15 is 0 Å². The fourth-order valence-corrected chi connectivity index (χ4v) is 4.10. The standard InChI is InChI=1S/C20H20N4O4S2/c1-13(25)21-15-6-4-7-16(12-15)22-19-23-24-20(30-19)29-10-9-28-17-8-3-5-14(11-17)18(26)27-2/h3-8,11-12H,9-10H2,1-2H3,(H,21,25)(H,22,23). The van der Waals surface area contributed by atoms with Crippen LogP contribution in [0.3, 0.4) is 0 Å².